The highest BCUT2D eigenvalue weighted by atomic mass is 32.2. The van der Waals surface area contributed by atoms with Crippen LogP contribution < -0.4 is 0 Å². The second kappa shape index (κ2) is 5.10. The Balaban J connectivity index is 2.24. The van der Waals surface area contributed by atoms with Crippen molar-refractivity contribution in [2.75, 3.05) is 31.3 Å². The summed E-state index contributed by atoms with van der Waals surface area (Å²) in [4.78, 5) is 0. The molecule has 0 aromatic carbocycles. The molecule has 1 rings (SSSR count). The number of hydrogen-bond donors (Lipinski definition) is 1. The summed E-state index contributed by atoms with van der Waals surface area (Å²) in [5, 5.41) is 9.23. The number of thioether (sulfide) groups is 1. The molecule has 1 atom stereocenters. The summed E-state index contributed by atoms with van der Waals surface area (Å²) >= 11 is 1.94. The molecule has 3 heteroatoms. The van der Waals surface area contributed by atoms with Crippen molar-refractivity contribution >= 4 is 11.8 Å². The van der Waals surface area contributed by atoms with Gasteiger partial charge in [0.1, 0.15) is 0 Å². The summed E-state index contributed by atoms with van der Waals surface area (Å²) in [6, 6.07) is 0. The number of rotatable bonds is 5. The van der Waals surface area contributed by atoms with Crippen LogP contribution in [0.1, 0.15) is 19.8 Å². The van der Waals surface area contributed by atoms with Gasteiger partial charge in [-0.3, -0.25) is 0 Å². The Kier molecular flexibility index (Phi) is 4.40. The molecule has 1 saturated heterocycles. The molecule has 72 valence electrons. The molecule has 0 aliphatic carbocycles. The monoisotopic (exact) mass is 190 g/mol. The van der Waals surface area contributed by atoms with E-state index in [9.17, 15) is 5.11 Å². The van der Waals surface area contributed by atoms with E-state index in [1.807, 2.05) is 11.8 Å². The summed E-state index contributed by atoms with van der Waals surface area (Å²) in [5.74, 6) is 2.32. The number of hydrogen-bond acceptors (Lipinski definition) is 3. The molecule has 2 nitrogen and oxygen atoms in total. The second-order valence-electron chi connectivity index (χ2n) is 3.41. The molecular weight excluding hydrogens is 172 g/mol. The fourth-order valence-corrected chi connectivity index (χ4v) is 2.35. The molecular formula is C9H18O2S. The lowest BCUT2D eigenvalue weighted by Gasteiger charge is -2.23. The Bertz CT molecular complexity index is 122. The van der Waals surface area contributed by atoms with Crippen molar-refractivity contribution in [1.29, 1.82) is 0 Å². The fourth-order valence-electron chi connectivity index (χ4n) is 1.48. The van der Waals surface area contributed by atoms with Gasteiger partial charge >= 0.3 is 0 Å². The first-order valence-corrected chi connectivity index (χ1v) is 5.75. The van der Waals surface area contributed by atoms with Crippen molar-refractivity contribution < 1.29 is 9.84 Å². The Morgan fingerprint density at radius 1 is 1.58 bits per heavy atom. The molecule has 1 N–H and O–H groups in total. The van der Waals surface area contributed by atoms with Gasteiger partial charge in [0.05, 0.1) is 13.2 Å². The average Bonchev–Trinajstić information content (AvgIpc) is 2.55. The van der Waals surface area contributed by atoms with Crippen molar-refractivity contribution in [3.8, 4) is 0 Å². The predicted octanol–water partition coefficient (Wildman–Crippen LogP) is 1.53. The highest BCUT2D eigenvalue weighted by molar-refractivity contribution is 7.99. The van der Waals surface area contributed by atoms with Gasteiger partial charge in [-0.25, -0.2) is 0 Å². The fraction of sp³-hybridized carbons (Fsp3) is 1.00. The van der Waals surface area contributed by atoms with E-state index in [0.29, 0.717) is 0 Å². The van der Waals surface area contributed by atoms with Gasteiger partial charge in [-0.05, 0) is 24.3 Å². The van der Waals surface area contributed by atoms with Gasteiger partial charge in [-0.1, -0.05) is 6.92 Å². The van der Waals surface area contributed by atoms with Crippen LogP contribution in [0.3, 0.4) is 0 Å². The lowest BCUT2D eigenvalue weighted by atomic mass is 9.86. The zero-order valence-corrected chi connectivity index (χ0v) is 8.53. The summed E-state index contributed by atoms with van der Waals surface area (Å²) in [5.41, 5.74) is 0.0994. The van der Waals surface area contributed by atoms with Crippen LogP contribution in [-0.4, -0.2) is 36.4 Å². The summed E-state index contributed by atoms with van der Waals surface area (Å²) < 4.78 is 5.31. The van der Waals surface area contributed by atoms with Crippen LogP contribution >= 0.6 is 11.8 Å². The summed E-state index contributed by atoms with van der Waals surface area (Å²) in [6.45, 7) is 4.05. The minimum absolute atomic E-state index is 0.0994. The van der Waals surface area contributed by atoms with Gasteiger partial charge in [0.15, 0.2) is 0 Å². The van der Waals surface area contributed by atoms with Gasteiger partial charge in [-0.2, -0.15) is 11.8 Å². The third kappa shape index (κ3) is 2.64. The van der Waals surface area contributed by atoms with E-state index in [0.717, 1.165) is 31.8 Å². The van der Waals surface area contributed by atoms with Crippen LogP contribution in [0.5, 0.6) is 0 Å². The van der Waals surface area contributed by atoms with Crippen molar-refractivity contribution in [2.45, 2.75) is 19.8 Å². The molecule has 1 aliphatic rings. The van der Waals surface area contributed by atoms with Gasteiger partial charge in [-0.15, -0.1) is 0 Å². The Labute approximate surface area is 78.7 Å². The van der Waals surface area contributed by atoms with Crippen molar-refractivity contribution in [3.05, 3.63) is 0 Å². The van der Waals surface area contributed by atoms with Crippen molar-refractivity contribution in [3.63, 3.8) is 0 Å². The Morgan fingerprint density at radius 3 is 2.92 bits per heavy atom. The first kappa shape index (κ1) is 10.4. The molecule has 1 aliphatic heterocycles. The van der Waals surface area contributed by atoms with Gasteiger partial charge in [0, 0.05) is 12.0 Å². The highest BCUT2D eigenvalue weighted by Gasteiger charge is 2.33. The third-order valence-electron chi connectivity index (χ3n) is 2.50. The molecule has 0 aromatic heterocycles. The van der Waals surface area contributed by atoms with E-state index >= 15 is 0 Å². The quantitative estimate of drug-likeness (QED) is 0.667. The molecule has 1 unspecified atom stereocenters. The predicted molar refractivity (Wildman–Crippen MR) is 52.6 cm³/mol. The van der Waals surface area contributed by atoms with Crippen LogP contribution in [-0.2, 0) is 4.74 Å². The highest BCUT2D eigenvalue weighted by Crippen LogP contribution is 2.32. The molecule has 12 heavy (non-hydrogen) atoms. The molecule has 0 aromatic rings. The zero-order chi connectivity index (χ0) is 8.86. The lowest BCUT2D eigenvalue weighted by molar-refractivity contribution is 0.0913. The number of ether oxygens (including phenoxy) is 1. The molecule has 0 amide bonds. The number of aliphatic hydroxyl groups excluding tert-OH is 1. The minimum atomic E-state index is 0.0994. The molecule has 0 saturated carbocycles. The van der Waals surface area contributed by atoms with Gasteiger partial charge in [0.2, 0.25) is 0 Å². The maximum atomic E-state index is 9.23. The largest absolute Gasteiger partial charge is 0.396 e. The Morgan fingerprint density at radius 2 is 2.42 bits per heavy atom. The molecule has 0 bridgehead atoms. The van der Waals surface area contributed by atoms with E-state index in [-0.39, 0.29) is 12.0 Å². The number of aliphatic hydroxyl groups is 1. The third-order valence-corrected chi connectivity index (χ3v) is 3.40. The van der Waals surface area contributed by atoms with Gasteiger partial charge in [0.25, 0.3) is 0 Å². The summed E-state index contributed by atoms with van der Waals surface area (Å²) in [7, 11) is 0. The molecule has 0 spiro atoms. The first-order valence-electron chi connectivity index (χ1n) is 4.59. The van der Waals surface area contributed by atoms with Crippen LogP contribution in [0, 0.1) is 5.41 Å². The van der Waals surface area contributed by atoms with E-state index in [4.69, 9.17) is 4.74 Å². The van der Waals surface area contributed by atoms with Crippen LogP contribution in [0.4, 0.5) is 0 Å². The topological polar surface area (TPSA) is 29.5 Å². The maximum absolute atomic E-state index is 9.23. The van der Waals surface area contributed by atoms with E-state index < -0.39 is 0 Å². The van der Waals surface area contributed by atoms with Gasteiger partial charge < -0.3 is 9.84 Å². The Hall–Kier alpha value is 0.270. The van der Waals surface area contributed by atoms with Crippen molar-refractivity contribution in [2.24, 2.45) is 5.41 Å². The maximum Gasteiger partial charge on any atom is 0.0545 e. The normalized spacial score (nSPS) is 29.5. The minimum Gasteiger partial charge on any atom is -0.396 e. The van der Waals surface area contributed by atoms with E-state index in [1.165, 1.54) is 5.75 Å². The zero-order valence-electron chi connectivity index (χ0n) is 7.71. The summed E-state index contributed by atoms with van der Waals surface area (Å²) in [6.07, 6.45) is 2.13. The first-order chi connectivity index (χ1) is 5.83. The standard InChI is InChI=1S/C9H18O2S/c1-2-12-6-4-9(7-10)3-5-11-8-9/h10H,2-8H2,1H3. The smallest absolute Gasteiger partial charge is 0.0545 e. The lowest BCUT2D eigenvalue weighted by Crippen LogP contribution is -2.26. The SMILES string of the molecule is CCSCCC1(CO)CCOC1. The van der Waals surface area contributed by atoms with Crippen molar-refractivity contribution in [1.82, 2.24) is 0 Å². The second-order valence-corrected chi connectivity index (χ2v) is 4.80. The van der Waals surface area contributed by atoms with Crippen LogP contribution in [0.2, 0.25) is 0 Å². The van der Waals surface area contributed by atoms with Crippen LogP contribution in [0.15, 0.2) is 0 Å². The van der Waals surface area contributed by atoms with Crippen LogP contribution in [0.25, 0.3) is 0 Å². The molecule has 1 fully saturated rings. The van der Waals surface area contributed by atoms with E-state index in [1.54, 1.807) is 0 Å². The average molecular weight is 190 g/mol. The van der Waals surface area contributed by atoms with E-state index in [2.05, 4.69) is 6.92 Å². The molecule has 0 radical (unpaired) electrons. The molecule has 1 heterocycles.